The second kappa shape index (κ2) is 8.17. The highest BCUT2D eigenvalue weighted by Crippen LogP contribution is 2.20. The van der Waals surface area contributed by atoms with Crippen LogP contribution < -0.4 is 11.1 Å². The molecule has 0 aliphatic heterocycles. The fraction of sp³-hybridized carbons (Fsp3) is 0.312. The van der Waals surface area contributed by atoms with Gasteiger partial charge in [0.15, 0.2) is 0 Å². The van der Waals surface area contributed by atoms with Gasteiger partial charge in [-0.3, -0.25) is 4.79 Å². The summed E-state index contributed by atoms with van der Waals surface area (Å²) in [6, 6.07) is 13.6. The van der Waals surface area contributed by atoms with Gasteiger partial charge in [0, 0.05) is 15.8 Å². The molecule has 2 rings (SSSR count). The minimum absolute atomic E-state index is 0. The Morgan fingerprint density at radius 2 is 1.90 bits per heavy atom. The van der Waals surface area contributed by atoms with Crippen molar-refractivity contribution < 1.29 is 4.79 Å². The Kier molecular flexibility index (Phi) is 6.89. The van der Waals surface area contributed by atoms with Crippen LogP contribution in [0.1, 0.15) is 28.3 Å². The van der Waals surface area contributed by atoms with E-state index in [1.165, 1.54) is 4.88 Å². The van der Waals surface area contributed by atoms with Crippen molar-refractivity contribution in [1.82, 2.24) is 5.32 Å². The van der Waals surface area contributed by atoms with Crippen molar-refractivity contribution >= 4 is 29.7 Å². The molecule has 1 heterocycles. The molecular weight excluding hydrogens is 304 g/mol. The second-order valence-corrected chi connectivity index (χ2v) is 6.33. The number of benzene rings is 1. The summed E-state index contributed by atoms with van der Waals surface area (Å²) in [5.41, 5.74) is 7.14. The molecule has 1 amide bonds. The Hall–Kier alpha value is -1.36. The third kappa shape index (κ3) is 4.84. The van der Waals surface area contributed by atoms with Gasteiger partial charge in [-0.15, -0.1) is 23.7 Å². The number of halogens is 1. The molecule has 3 N–H and O–H groups in total. The average Bonchev–Trinajstić information content (AvgIpc) is 2.89. The van der Waals surface area contributed by atoms with Crippen molar-refractivity contribution in [2.24, 2.45) is 11.7 Å². The second-order valence-electron chi connectivity index (χ2n) is 4.96. The molecular formula is C16H21ClN2OS. The first-order valence-corrected chi connectivity index (χ1v) is 7.53. The zero-order valence-electron chi connectivity index (χ0n) is 12.2. The predicted molar refractivity (Wildman–Crippen MR) is 90.7 cm³/mol. The lowest BCUT2D eigenvalue weighted by molar-refractivity contribution is -0.125. The number of nitrogens with one attached hydrogen (secondary N) is 1. The van der Waals surface area contributed by atoms with Crippen LogP contribution in [0.15, 0.2) is 42.5 Å². The maximum atomic E-state index is 12.2. The molecule has 0 spiro atoms. The molecule has 2 atom stereocenters. The van der Waals surface area contributed by atoms with Crippen LogP contribution in [0.25, 0.3) is 0 Å². The summed E-state index contributed by atoms with van der Waals surface area (Å²) in [5, 5.41) is 2.95. The predicted octanol–water partition coefficient (Wildman–Crippen LogP) is 3.43. The van der Waals surface area contributed by atoms with E-state index in [0.29, 0.717) is 6.54 Å². The van der Waals surface area contributed by atoms with Gasteiger partial charge < -0.3 is 11.1 Å². The number of carbonyl (C=O) groups excluding carboxylic acids is 1. The Morgan fingerprint density at radius 1 is 1.24 bits per heavy atom. The van der Waals surface area contributed by atoms with E-state index in [1.54, 1.807) is 11.3 Å². The van der Waals surface area contributed by atoms with E-state index in [1.807, 2.05) is 43.3 Å². The summed E-state index contributed by atoms with van der Waals surface area (Å²) >= 11 is 1.70. The van der Waals surface area contributed by atoms with Crippen LogP contribution >= 0.6 is 23.7 Å². The fourth-order valence-corrected chi connectivity index (χ4v) is 2.87. The molecule has 0 aliphatic carbocycles. The van der Waals surface area contributed by atoms with Gasteiger partial charge in [0.25, 0.3) is 0 Å². The van der Waals surface area contributed by atoms with Gasteiger partial charge >= 0.3 is 0 Å². The number of nitrogens with two attached hydrogens (primary N) is 1. The molecule has 3 nitrogen and oxygen atoms in total. The molecule has 114 valence electrons. The molecule has 0 bridgehead atoms. The zero-order valence-corrected chi connectivity index (χ0v) is 13.8. The van der Waals surface area contributed by atoms with Crippen molar-refractivity contribution in [1.29, 1.82) is 0 Å². The summed E-state index contributed by atoms with van der Waals surface area (Å²) in [7, 11) is 0. The largest absolute Gasteiger partial charge is 0.351 e. The highest BCUT2D eigenvalue weighted by Gasteiger charge is 2.21. The van der Waals surface area contributed by atoms with Crippen LogP contribution in [0, 0.1) is 12.8 Å². The van der Waals surface area contributed by atoms with Crippen molar-refractivity contribution in [3.05, 3.63) is 57.8 Å². The number of amides is 1. The number of rotatable bonds is 5. The van der Waals surface area contributed by atoms with Gasteiger partial charge in [0.2, 0.25) is 5.91 Å². The maximum Gasteiger partial charge on any atom is 0.225 e. The van der Waals surface area contributed by atoms with Crippen LogP contribution in [-0.2, 0) is 11.3 Å². The molecule has 0 fully saturated rings. The van der Waals surface area contributed by atoms with E-state index in [9.17, 15) is 4.79 Å². The highest BCUT2D eigenvalue weighted by molar-refractivity contribution is 7.11. The first-order chi connectivity index (χ1) is 9.58. The molecule has 2 unspecified atom stereocenters. The van der Waals surface area contributed by atoms with Crippen molar-refractivity contribution in [3.63, 3.8) is 0 Å². The topological polar surface area (TPSA) is 55.1 Å². The Labute approximate surface area is 136 Å². The molecule has 0 radical (unpaired) electrons. The number of hydrogen-bond acceptors (Lipinski definition) is 3. The lowest BCUT2D eigenvalue weighted by atomic mass is 9.95. The minimum Gasteiger partial charge on any atom is -0.351 e. The Balaban J connectivity index is 0.00000220. The van der Waals surface area contributed by atoms with Gasteiger partial charge in [0.1, 0.15) is 0 Å². The first kappa shape index (κ1) is 17.7. The van der Waals surface area contributed by atoms with Crippen molar-refractivity contribution in [2.75, 3.05) is 0 Å². The van der Waals surface area contributed by atoms with E-state index in [4.69, 9.17) is 5.73 Å². The monoisotopic (exact) mass is 324 g/mol. The molecule has 2 aromatic rings. The van der Waals surface area contributed by atoms with Crippen LogP contribution in [0.3, 0.4) is 0 Å². The van der Waals surface area contributed by atoms with Gasteiger partial charge in [-0.2, -0.15) is 0 Å². The molecule has 21 heavy (non-hydrogen) atoms. The highest BCUT2D eigenvalue weighted by atomic mass is 35.5. The standard InChI is InChI=1S/C16H20N2OS.ClH/c1-11-8-9-14(20-11)10-18-16(19)12(2)15(17)13-6-4-3-5-7-13;/h3-9,12,15H,10,17H2,1-2H3,(H,18,19);1H. The summed E-state index contributed by atoms with van der Waals surface area (Å²) in [4.78, 5) is 14.6. The number of thiophene rings is 1. The van der Waals surface area contributed by atoms with Crippen molar-refractivity contribution in [3.8, 4) is 0 Å². The summed E-state index contributed by atoms with van der Waals surface area (Å²) in [5.74, 6) is -0.258. The number of aryl methyl sites for hydroxylation is 1. The Morgan fingerprint density at radius 3 is 2.48 bits per heavy atom. The third-order valence-electron chi connectivity index (χ3n) is 3.37. The lowest BCUT2D eigenvalue weighted by Gasteiger charge is -2.19. The zero-order chi connectivity index (χ0) is 14.5. The van der Waals surface area contributed by atoms with Gasteiger partial charge in [-0.25, -0.2) is 0 Å². The molecule has 1 aromatic heterocycles. The van der Waals surface area contributed by atoms with Crippen LogP contribution in [-0.4, -0.2) is 5.91 Å². The normalized spacial score (nSPS) is 13.1. The molecule has 5 heteroatoms. The third-order valence-corrected chi connectivity index (χ3v) is 4.37. The van der Waals surface area contributed by atoms with Crippen LogP contribution in [0.5, 0.6) is 0 Å². The van der Waals surface area contributed by atoms with E-state index in [0.717, 1.165) is 10.4 Å². The molecule has 0 saturated heterocycles. The fourth-order valence-electron chi connectivity index (χ4n) is 2.04. The molecule has 1 aromatic carbocycles. The van der Waals surface area contributed by atoms with E-state index < -0.39 is 0 Å². The van der Waals surface area contributed by atoms with Gasteiger partial charge in [0.05, 0.1) is 12.5 Å². The summed E-state index contributed by atoms with van der Waals surface area (Å²) in [6.45, 7) is 4.50. The Bertz CT molecular complexity index is 571. The lowest BCUT2D eigenvalue weighted by Crippen LogP contribution is -2.35. The van der Waals surface area contributed by atoms with E-state index >= 15 is 0 Å². The van der Waals surface area contributed by atoms with Gasteiger partial charge in [-0.1, -0.05) is 37.3 Å². The van der Waals surface area contributed by atoms with E-state index in [-0.39, 0.29) is 30.3 Å². The first-order valence-electron chi connectivity index (χ1n) is 6.71. The maximum absolute atomic E-state index is 12.2. The quantitative estimate of drug-likeness (QED) is 0.885. The number of hydrogen-bond donors (Lipinski definition) is 2. The number of carbonyl (C=O) groups is 1. The van der Waals surface area contributed by atoms with Gasteiger partial charge in [-0.05, 0) is 24.6 Å². The van der Waals surface area contributed by atoms with Crippen molar-refractivity contribution in [2.45, 2.75) is 26.4 Å². The van der Waals surface area contributed by atoms with E-state index in [2.05, 4.69) is 18.3 Å². The summed E-state index contributed by atoms with van der Waals surface area (Å²) in [6.07, 6.45) is 0. The smallest absolute Gasteiger partial charge is 0.225 e. The molecule has 0 aliphatic rings. The van der Waals surface area contributed by atoms with Crippen LogP contribution in [0.4, 0.5) is 0 Å². The summed E-state index contributed by atoms with van der Waals surface area (Å²) < 4.78 is 0. The SMILES string of the molecule is Cc1ccc(CNC(=O)C(C)C(N)c2ccccc2)s1.Cl. The van der Waals surface area contributed by atoms with Crippen LogP contribution in [0.2, 0.25) is 0 Å². The average molecular weight is 325 g/mol. The molecule has 0 saturated carbocycles. The minimum atomic E-state index is -0.277.